The molecule has 1 unspecified atom stereocenters. The van der Waals surface area contributed by atoms with Gasteiger partial charge in [-0.2, -0.15) is 0 Å². The maximum absolute atomic E-state index is 6.77. The lowest BCUT2D eigenvalue weighted by atomic mass is 9.95. The lowest BCUT2D eigenvalue weighted by molar-refractivity contribution is 0.669. The van der Waals surface area contributed by atoms with Gasteiger partial charge in [0.25, 0.3) is 0 Å². The van der Waals surface area contributed by atoms with Crippen molar-refractivity contribution in [3.05, 3.63) is 229 Å². The van der Waals surface area contributed by atoms with E-state index in [9.17, 15) is 0 Å². The average Bonchev–Trinajstić information content (AvgIpc) is 3.72. The molecule has 1 aliphatic rings. The van der Waals surface area contributed by atoms with E-state index < -0.39 is 0 Å². The summed E-state index contributed by atoms with van der Waals surface area (Å²) in [4.78, 5) is 10.6. The fourth-order valence-electron chi connectivity index (χ4n) is 8.29. The summed E-state index contributed by atoms with van der Waals surface area (Å²) < 4.78 is 6.77. The van der Waals surface area contributed by atoms with E-state index in [0.29, 0.717) is 5.84 Å². The molecular formula is C55H37N3O. The van der Waals surface area contributed by atoms with Crippen LogP contribution in [0.1, 0.15) is 22.9 Å². The fraction of sp³-hybridized carbons (Fsp3) is 0.0182. The Morgan fingerprint density at radius 2 is 0.915 bits per heavy atom. The number of hydrogen-bond acceptors (Lipinski definition) is 4. The number of aliphatic imine (C=N–C) groups is 2. The molecule has 4 nitrogen and oxygen atoms in total. The number of hydrogen-bond donors (Lipinski definition) is 1. The van der Waals surface area contributed by atoms with Crippen molar-refractivity contribution in [1.82, 2.24) is 5.32 Å². The minimum Gasteiger partial charge on any atom is -0.455 e. The predicted molar refractivity (Wildman–Crippen MR) is 245 cm³/mol. The standard InChI is InChI=1S/C55H37N3O/c1-4-12-36(13-5-1)38-20-22-39(23-21-38)40-24-28-43(29-25-40)54-56-53(42-16-8-3-9-17-42)57-55(58-54)49-33-32-47(52-51(49)48-18-10-11-19-50(48)59-52)45-31-27-41-26-30-44(34-46(41)35-45)37-14-6-2-7-15-37/h1-35,54H,(H,56,57,58). The second-order valence-electron chi connectivity index (χ2n) is 15.0. The Hall–Kier alpha value is -7.82. The van der Waals surface area contributed by atoms with Crippen LogP contribution in [-0.4, -0.2) is 11.7 Å². The van der Waals surface area contributed by atoms with Gasteiger partial charge in [0.2, 0.25) is 0 Å². The number of amidine groups is 2. The summed E-state index contributed by atoms with van der Waals surface area (Å²) in [6.07, 6.45) is -0.362. The maximum atomic E-state index is 6.77. The Labute approximate surface area is 342 Å². The van der Waals surface area contributed by atoms with Crippen LogP contribution in [0.4, 0.5) is 0 Å². The van der Waals surface area contributed by atoms with Crippen molar-refractivity contribution in [1.29, 1.82) is 0 Å². The predicted octanol–water partition coefficient (Wildman–Crippen LogP) is 13.9. The molecule has 1 atom stereocenters. The lowest BCUT2D eigenvalue weighted by Crippen LogP contribution is -2.33. The van der Waals surface area contributed by atoms with Gasteiger partial charge in [0.1, 0.15) is 23.2 Å². The highest BCUT2D eigenvalue weighted by Gasteiger charge is 2.25. The average molecular weight is 756 g/mol. The topological polar surface area (TPSA) is 49.9 Å². The van der Waals surface area contributed by atoms with E-state index in [1.54, 1.807) is 0 Å². The van der Waals surface area contributed by atoms with Crippen LogP contribution in [0.2, 0.25) is 0 Å². The molecule has 0 bridgehead atoms. The molecule has 0 saturated heterocycles. The highest BCUT2D eigenvalue weighted by Crippen LogP contribution is 2.40. The first-order valence-corrected chi connectivity index (χ1v) is 20.0. The smallest absolute Gasteiger partial charge is 0.160 e. The Morgan fingerprint density at radius 3 is 1.59 bits per heavy atom. The number of para-hydroxylation sites is 1. The SMILES string of the molecule is c1ccc(C2=NC(c3ccc(-c4ccc5ccc(-c6ccccc6)cc5c4)c4oc5ccccc5c34)=NC(c3ccc(-c4ccc(-c5ccccc5)cc4)cc3)N2)cc1. The van der Waals surface area contributed by atoms with Crippen molar-refractivity contribution in [3.8, 4) is 44.5 Å². The van der Waals surface area contributed by atoms with Crippen LogP contribution in [0, 0.1) is 0 Å². The number of benzene rings is 9. The summed E-state index contributed by atoms with van der Waals surface area (Å²) in [7, 11) is 0. The number of fused-ring (bicyclic) bond motifs is 4. The van der Waals surface area contributed by atoms with Crippen LogP contribution >= 0.6 is 0 Å². The molecule has 4 heteroatoms. The van der Waals surface area contributed by atoms with Crippen molar-refractivity contribution in [2.75, 3.05) is 0 Å². The largest absolute Gasteiger partial charge is 0.455 e. The molecule has 9 aromatic carbocycles. The summed E-state index contributed by atoms with van der Waals surface area (Å²) in [5.41, 5.74) is 13.9. The van der Waals surface area contributed by atoms with E-state index in [0.717, 1.165) is 61.2 Å². The Morgan fingerprint density at radius 1 is 0.407 bits per heavy atom. The number of furan rings is 1. The van der Waals surface area contributed by atoms with Crippen LogP contribution in [0.5, 0.6) is 0 Å². The molecule has 0 amide bonds. The van der Waals surface area contributed by atoms with Gasteiger partial charge in [-0.05, 0) is 85.6 Å². The maximum Gasteiger partial charge on any atom is 0.160 e. The van der Waals surface area contributed by atoms with Gasteiger partial charge in [0, 0.05) is 27.5 Å². The molecule has 0 fully saturated rings. The van der Waals surface area contributed by atoms with Crippen LogP contribution in [0.3, 0.4) is 0 Å². The van der Waals surface area contributed by atoms with Crippen LogP contribution < -0.4 is 5.32 Å². The Balaban J connectivity index is 1.00. The second-order valence-corrected chi connectivity index (χ2v) is 15.0. The number of nitrogens with one attached hydrogen (secondary N) is 1. The molecule has 11 rings (SSSR count). The Bertz CT molecular complexity index is 3200. The molecule has 10 aromatic rings. The van der Waals surface area contributed by atoms with Gasteiger partial charge in [-0.1, -0.05) is 182 Å². The van der Waals surface area contributed by atoms with E-state index in [2.05, 4.69) is 181 Å². The zero-order valence-corrected chi connectivity index (χ0v) is 32.1. The minimum atomic E-state index is -0.362. The monoisotopic (exact) mass is 755 g/mol. The third-order valence-corrected chi connectivity index (χ3v) is 11.4. The summed E-state index contributed by atoms with van der Waals surface area (Å²) >= 11 is 0. The van der Waals surface area contributed by atoms with Gasteiger partial charge in [0.15, 0.2) is 5.84 Å². The van der Waals surface area contributed by atoms with Gasteiger partial charge in [-0.15, -0.1) is 0 Å². The zero-order valence-electron chi connectivity index (χ0n) is 32.1. The molecule has 0 saturated carbocycles. The zero-order chi connectivity index (χ0) is 39.1. The van der Waals surface area contributed by atoms with Crippen molar-refractivity contribution in [3.63, 3.8) is 0 Å². The number of rotatable bonds is 7. The van der Waals surface area contributed by atoms with Gasteiger partial charge < -0.3 is 9.73 Å². The quantitative estimate of drug-likeness (QED) is 0.176. The summed E-state index contributed by atoms with van der Waals surface area (Å²) in [6, 6.07) is 74.7. The van der Waals surface area contributed by atoms with Crippen LogP contribution in [0.25, 0.3) is 77.2 Å². The molecule has 2 heterocycles. The highest BCUT2D eigenvalue weighted by molar-refractivity contribution is 6.23. The van der Waals surface area contributed by atoms with Crippen LogP contribution in [0.15, 0.2) is 227 Å². The van der Waals surface area contributed by atoms with E-state index in [-0.39, 0.29) is 6.17 Å². The van der Waals surface area contributed by atoms with Crippen molar-refractivity contribution in [2.24, 2.45) is 9.98 Å². The number of nitrogens with zero attached hydrogens (tertiary/aromatic N) is 2. The molecule has 0 aliphatic carbocycles. The second kappa shape index (κ2) is 14.6. The molecule has 0 radical (unpaired) electrons. The first kappa shape index (κ1) is 34.4. The molecule has 0 spiro atoms. The molecule has 1 aliphatic heterocycles. The minimum absolute atomic E-state index is 0.362. The Kier molecular flexibility index (Phi) is 8.52. The molecule has 1 N–H and O–H groups in total. The highest BCUT2D eigenvalue weighted by atomic mass is 16.3. The molecule has 59 heavy (non-hydrogen) atoms. The summed E-state index contributed by atoms with van der Waals surface area (Å²) in [6.45, 7) is 0. The fourth-order valence-corrected chi connectivity index (χ4v) is 8.29. The van der Waals surface area contributed by atoms with E-state index in [1.165, 1.54) is 38.6 Å². The first-order chi connectivity index (χ1) is 29.2. The van der Waals surface area contributed by atoms with E-state index in [4.69, 9.17) is 14.4 Å². The van der Waals surface area contributed by atoms with Crippen LogP contribution in [-0.2, 0) is 0 Å². The van der Waals surface area contributed by atoms with E-state index >= 15 is 0 Å². The molecule has 1 aromatic heterocycles. The van der Waals surface area contributed by atoms with Gasteiger partial charge in [0.05, 0.1) is 0 Å². The summed E-state index contributed by atoms with van der Waals surface area (Å²) in [5.74, 6) is 1.43. The normalized spacial score (nSPS) is 13.9. The van der Waals surface area contributed by atoms with Crippen molar-refractivity contribution >= 4 is 44.4 Å². The first-order valence-electron chi connectivity index (χ1n) is 20.0. The van der Waals surface area contributed by atoms with Crippen molar-refractivity contribution < 1.29 is 4.42 Å². The third kappa shape index (κ3) is 6.47. The molecule has 278 valence electrons. The van der Waals surface area contributed by atoms with Gasteiger partial charge in [-0.25, -0.2) is 9.98 Å². The van der Waals surface area contributed by atoms with Gasteiger partial charge >= 0.3 is 0 Å². The van der Waals surface area contributed by atoms with Crippen molar-refractivity contribution in [2.45, 2.75) is 6.17 Å². The summed E-state index contributed by atoms with van der Waals surface area (Å²) in [5, 5.41) is 8.06. The van der Waals surface area contributed by atoms with Gasteiger partial charge in [-0.3, -0.25) is 0 Å². The van der Waals surface area contributed by atoms with E-state index in [1.807, 2.05) is 36.4 Å². The lowest BCUT2D eigenvalue weighted by Gasteiger charge is -2.24. The third-order valence-electron chi connectivity index (χ3n) is 11.4. The molecular weight excluding hydrogens is 719 g/mol.